The second-order valence-electron chi connectivity index (χ2n) is 4.98. The summed E-state index contributed by atoms with van der Waals surface area (Å²) in [6.45, 7) is 14.2. The van der Waals surface area contributed by atoms with Crippen molar-refractivity contribution in [1.29, 1.82) is 0 Å². The van der Waals surface area contributed by atoms with Crippen LogP contribution in [-0.2, 0) is 4.74 Å². The molecule has 1 N–H and O–H groups in total. The number of nitrogens with zero attached hydrogens (tertiary/aromatic N) is 1. The Morgan fingerprint density at radius 2 is 1.94 bits per heavy atom. The van der Waals surface area contributed by atoms with Crippen molar-refractivity contribution < 1.29 is 4.74 Å². The molecule has 0 fully saturated rings. The van der Waals surface area contributed by atoms with Gasteiger partial charge in [0.25, 0.3) is 0 Å². The van der Waals surface area contributed by atoms with E-state index in [9.17, 15) is 0 Å². The van der Waals surface area contributed by atoms with Crippen molar-refractivity contribution in [3.63, 3.8) is 0 Å². The first kappa shape index (κ1) is 15.1. The van der Waals surface area contributed by atoms with E-state index in [0.717, 1.165) is 24.5 Å². The summed E-state index contributed by atoms with van der Waals surface area (Å²) >= 11 is 0. The molecule has 0 aliphatic carbocycles. The van der Waals surface area contributed by atoms with Crippen LogP contribution in [0, 0.1) is 20.8 Å². The topological polar surface area (TPSA) is 34.1 Å². The maximum Gasteiger partial charge on any atom is 0.0671 e. The zero-order valence-corrected chi connectivity index (χ0v) is 12.5. The second kappa shape index (κ2) is 6.86. The van der Waals surface area contributed by atoms with E-state index in [0.29, 0.717) is 6.04 Å². The fraction of sp³-hybridized carbons (Fsp3) is 0.667. The molecule has 0 amide bonds. The molecule has 0 bridgehead atoms. The molecule has 0 spiro atoms. The van der Waals surface area contributed by atoms with Gasteiger partial charge in [-0.1, -0.05) is 0 Å². The number of nitrogens with one attached hydrogen (secondary N) is 1. The van der Waals surface area contributed by atoms with E-state index in [-0.39, 0.29) is 6.10 Å². The van der Waals surface area contributed by atoms with Gasteiger partial charge in [-0.2, -0.15) is 0 Å². The molecule has 1 heterocycles. The Morgan fingerprint density at radius 1 is 1.28 bits per heavy atom. The Kier molecular flexibility index (Phi) is 5.76. The van der Waals surface area contributed by atoms with E-state index in [1.807, 2.05) is 13.8 Å². The van der Waals surface area contributed by atoms with Crippen LogP contribution in [0.4, 0.5) is 0 Å². The number of hydrogen-bond acceptors (Lipinski definition) is 3. The zero-order chi connectivity index (χ0) is 13.7. The summed E-state index contributed by atoms with van der Waals surface area (Å²) in [7, 11) is 0. The SMILES string of the molecule is CCOC(C)CNC(C)c1c(C)cc(C)nc1C. The number of ether oxygens (including phenoxy) is 1. The lowest BCUT2D eigenvalue weighted by Gasteiger charge is -2.21. The van der Waals surface area contributed by atoms with Gasteiger partial charge in [-0.25, -0.2) is 0 Å². The highest BCUT2D eigenvalue weighted by Gasteiger charge is 2.13. The lowest BCUT2D eigenvalue weighted by molar-refractivity contribution is 0.0743. The average molecular weight is 250 g/mol. The molecule has 0 aromatic carbocycles. The van der Waals surface area contributed by atoms with Gasteiger partial charge in [0, 0.05) is 30.6 Å². The third-order valence-corrected chi connectivity index (χ3v) is 3.18. The van der Waals surface area contributed by atoms with Crippen molar-refractivity contribution in [3.05, 3.63) is 28.6 Å². The van der Waals surface area contributed by atoms with Gasteiger partial charge in [0.2, 0.25) is 0 Å². The number of hydrogen-bond donors (Lipinski definition) is 1. The molecular formula is C15H26N2O. The summed E-state index contributed by atoms with van der Waals surface area (Å²) in [5.74, 6) is 0. The third kappa shape index (κ3) is 4.07. The van der Waals surface area contributed by atoms with Gasteiger partial charge >= 0.3 is 0 Å². The van der Waals surface area contributed by atoms with E-state index >= 15 is 0 Å². The van der Waals surface area contributed by atoms with Crippen molar-refractivity contribution in [2.45, 2.75) is 53.7 Å². The Labute approximate surface area is 111 Å². The predicted octanol–water partition coefficient (Wildman–Crippen LogP) is 3.08. The molecule has 1 aromatic rings. The first-order valence-corrected chi connectivity index (χ1v) is 6.75. The smallest absolute Gasteiger partial charge is 0.0671 e. The first-order chi connectivity index (χ1) is 8.45. The predicted molar refractivity (Wildman–Crippen MR) is 76.0 cm³/mol. The molecule has 1 rings (SSSR count). The molecular weight excluding hydrogens is 224 g/mol. The van der Waals surface area contributed by atoms with Gasteiger partial charge < -0.3 is 10.1 Å². The lowest BCUT2D eigenvalue weighted by atomic mass is 10.0. The van der Waals surface area contributed by atoms with Gasteiger partial charge in [0.1, 0.15) is 0 Å². The number of rotatable bonds is 6. The van der Waals surface area contributed by atoms with Gasteiger partial charge in [-0.3, -0.25) is 4.98 Å². The van der Waals surface area contributed by atoms with Gasteiger partial charge in [-0.05, 0) is 58.7 Å². The Balaban J connectivity index is 2.70. The Morgan fingerprint density at radius 3 is 2.50 bits per heavy atom. The molecule has 3 nitrogen and oxygen atoms in total. The van der Waals surface area contributed by atoms with Crippen LogP contribution in [0.1, 0.15) is 49.3 Å². The van der Waals surface area contributed by atoms with Crippen LogP contribution in [-0.4, -0.2) is 24.2 Å². The number of pyridine rings is 1. The van der Waals surface area contributed by atoms with Crippen molar-refractivity contribution in [2.24, 2.45) is 0 Å². The number of aromatic nitrogens is 1. The van der Waals surface area contributed by atoms with Crippen LogP contribution in [0.25, 0.3) is 0 Å². The monoisotopic (exact) mass is 250 g/mol. The number of aryl methyl sites for hydroxylation is 3. The summed E-state index contributed by atoms with van der Waals surface area (Å²) in [5, 5.41) is 3.52. The van der Waals surface area contributed by atoms with Gasteiger partial charge in [0.05, 0.1) is 6.10 Å². The molecule has 0 saturated heterocycles. The molecule has 0 aliphatic heterocycles. The normalized spacial score (nSPS) is 14.6. The van der Waals surface area contributed by atoms with E-state index in [4.69, 9.17) is 4.74 Å². The molecule has 2 atom stereocenters. The largest absolute Gasteiger partial charge is 0.377 e. The van der Waals surface area contributed by atoms with Crippen LogP contribution in [0.5, 0.6) is 0 Å². The van der Waals surface area contributed by atoms with E-state index in [2.05, 4.69) is 44.1 Å². The molecule has 102 valence electrons. The zero-order valence-electron chi connectivity index (χ0n) is 12.5. The highest BCUT2D eigenvalue weighted by molar-refractivity contribution is 5.33. The minimum Gasteiger partial charge on any atom is -0.377 e. The Bertz CT molecular complexity index is 367. The maximum atomic E-state index is 5.53. The van der Waals surface area contributed by atoms with Crippen LogP contribution >= 0.6 is 0 Å². The molecule has 18 heavy (non-hydrogen) atoms. The summed E-state index contributed by atoms with van der Waals surface area (Å²) < 4.78 is 5.53. The quantitative estimate of drug-likeness (QED) is 0.842. The highest BCUT2D eigenvalue weighted by atomic mass is 16.5. The minimum absolute atomic E-state index is 0.247. The Hall–Kier alpha value is -0.930. The fourth-order valence-corrected chi connectivity index (χ4v) is 2.48. The van der Waals surface area contributed by atoms with Gasteiger partial charge in [0.15, 0.2) is 0 Å². The van der Waals surface area contributed by atoms with E-state index in [1.165, 1.54) is 11.1 Å². The van der Waals surface area contributed by atoms with Crippen molar-refractivity contribution in [3.8, 4) is 0 Å². The van der Waals surface area contributed by atoms with Crippen LogP contribution < -0.4 is 5.32 Å². The summed E-state index contributed by atoms with van der Waals surface area (Å²) in [6.07, 6.45) is 0.247. The van der Waals surface area contributed by atoms with Gasteiger partial charge in [-0.15, -0.1) is 0 Å². The maximum absolute atomic E-state index is 5.53. The van der Waals surface area contributed by atoms with Crippen LogP contribution in [0.3, 0.4) is 0 Å². The van der Waals surface area contributed by atoms with Crippen LogP contribution in [0.2, 0.25) is 0 Å². The molecule has 3 heteroatoms. The van der Waals surface area contributed by atoms with Crippen molar-refractivity contribution >= 4 is 0 Å². The molecule has 2 unspecified atom stereocenters. The summed E-state index contributed by atoms with van der Waals surface area (Å²) in [4.78, 5) is 4.55. The van der Waals surface area contributed by atoms with E-state index < -0.39 is 0 Å². The molecule has 0 aliphatic rings. The molecule has 0 saturated carbocycles. The lowest BCUT2D eigenvalue weighted by Crippen LogP contribution is -2.30. The summed E-state index contributed by atoms with van der Waals surface area (Å²) in [6, 6.07) is 2.45. The van der Waals surface area contributed by atoms with Crippen molar-refractivity contribution in [2.75, 3.05) is 13.2 Å². The van der Waals surface area contributed by atoms with Crippen molar-refractivity contribution in [1.82, 2.24) is 10.3 Å². The first-order valence-electron chi connectivity index (χ1n) is 6.75. The average Bonchev–Trinajstić information content (AvgIpc) is 2.25. The fourth-order valence-electron chi connectivity index (χ4n) is 2.48. The standard InChI is InChI=1S/C15H26N2O/c1-7-18-12(4)9-16-13(5)15-10(2)8-11(3)17-14(15)6/h8,12-13,16H,7,9H2,1-6H3. The molecule has 1 aromatic heterocycles. The minimum atomic E-state index is 0.247. The summed E-state index contributed by atoms with van der Waals surface area (Å²) in [5.41, 5.74) is 4.83. The second-order valence-corrected chi connectivity index (χ2v) is 4.98. The van der Waals surface area contributed by atoms with Crippen LogP contribution in [0.15, 0.2) is 6.07 Å². The molecule has 0 radical (unpaired) electrons. The van der Waals surface area contributed by atoms with E-state index in [1.54, 1.807) is 0 Å². The third-order valence-electron chi connectivity index (χ3n) is 3.18. The highest BCUT2D eigenvalue weighted by Crippen LogP contribution is 2.21.